The molecule has 0 amide bonds. The maximum absolute atomic E-state index is 13.3. The Balaban J connectivity index is 1.91. The van der Waals surface area contributed by atoms with Crippen LogP contribution in [0.25, 0.3) is 0 Å². The molecule has 128 valence electrons. The van der Waals surface area contributed by atoms with Gasteiger partial charge in [0.1, 0.15) is 17.4 Å². The number of rotatable bonds is 6. The van der Waals surface area contributed by atoms with Crippen LogP contribution in [0.3, 0.4) is 0 Å². The van der Waals surface area contributed by atoms with E-state index in [9.17, 15) is 4.39 Å². The zero-order valence-corrected chi connectivity index (χ0v) is 14.3. The molecule has 4 nitrogen and oxygen atoms in total. The fourth-order valence-corrected chi connectivity index (χ4v) is 2.85. The van der Waals surface area contributed by atoms with Gasteiger partial charge in [-0.2, -0.15) is 0 Å². The van der Waals surface area contributed by atoms with Crippen LogP contribution in [-0.2, 0) is 6.54 Å². The molecular weight excluding hydrogens is 317 g/mol. The Labute approximate surface area is 146 Å². The van der Waals surface area contributed by atoms with Crippen LogP contribution in [-0.4, -0.2) is 29.0 Å². The van der Waals surface area contributed by atoms with E-state index in [4.69, 9.17) is 4.74 Å². The summed E-state index contributed by atoms with van der Waals surface area (Å²) in [5.74, 6) is 1.24. The molecule has 0 aliphatic carbocycles. The number of nitrogens with zero attached hydrogens (tertiary/aromatic N) is 3. The molecule has 0 aliphatic heterocycles. The van der Waals surface area contributed by atoms with Crippen LogP contribution < -0.4 is 4.74 Å². The van der Waals surface area contributed by atoms with Crippen molar-refractivity contribution in [2.45, 2.75) is 12.6 Å². The molecule has 1 atom stereocenters. The van der Waals surface area contributed by atoms with Crippen LogP contribution in [0.2, 0.25) is 0 Å². The lowest BCUT2D eigenvalue weighted by Crippen LogP contribution is -2.26. The number of methoxy groups -OCH3 is 1. The van der Waals surface area contributed by atoms with Gasteiger partial charge in [0.2, 0.25) is 0 Å². The summed E-state index contributed by atoms with van der Waals surface area (Å²) in [6.45, 7) is 0.678. The van der Waals surface area contributed by atoms with Gasteiger partial charge in [0.15, 0.2) is 0 Å². The van der Waals surface area contributed by atoms with Crippen molar-refractivity contribution in [3.05, 3.63) is 89.8 Å². The van der Waals surface area contributed by atoms with Gasteiger partial charge in [-0.3, -0.25) is 4.90 Å². The molecule has 1 aromatic heterocycles. The van der Waals surface area contributed by atoms with E-state index in [0.717, 1.165) is 16.9 Å². The predicted octanol–water partition coefficient (Wildman–Crippen LogP) is 3.85. The fraction of sp³-hybridized carbons (Fsp3) is 0.200. The van der Waals surface area contributed by atoms with E-state index in [0.29, 0.717) is 12.4 Å². The number of ether oxygens (including phenoxy) is 1. The maximum atomic E-state index is 13.3. The summed E-state index contributed by atoms with van der Waals surface area (Å²) in [5, 5.41) is 0. The van der Waals surface area contributed by atoms with E-state index in [1.807, 2.05) is 31.3 Å². The monoisotopic (exact) mass is 337 g/mol. The van der Waals surface area contributed by atoms with Crippen LogP contribution in [0.15, 0.2) is 67.0 Å². The fourth-order valence-electron chi connectivity index (χ4n) is 2.85. The van der Waals surface area contributed by atoms with Crippen LogP contribution in [0.1, 0.15) is 23.0 Å². The smallest absolute Gasteiger partial charge is 0.149 e. The second-order valence-electron chi connectivity index (χ2n) is 5.83. The highest BCUT2D eigenvalue weighted by Gasteiger charge is 2.22. The van der Waals surface area contributed by atoms with Crippen molar-refractivity contribution in [1.82, 2.24) is 14.9 Å². The van der Waals surface area contributed by atoms with Crippen LogP contribution in [0.5, 0.6) is 5.75 Å². The Morgan fingerprint density at radius 3 is 2.44 bits per heavy atom. The number of aromatic nitrogens is 2. The Morgan fingerprint density at radius 2 is 1.76 bits per heavy atom. The number of hydrogen-bond acceptors (Lipinski definition) is 4. The van der Waals surface area contributed by atoms with Crippen molar-refractivity contribution in [3.63, 3.8) is 0 Å². The molecule has 0 spiro atoms. The molecule has 0 N–H and O–H groups in total. The Hall–Kier alpha value is -2.79. The quantitative estimate of drug-likeness (QED) is 0.685. The van der Waals surface area contributed by atoms with Gasteiger partial charge in [-0.15, -0.1) is 0 Å². The van der Waals surface area contributed by atoms with Gasteiger partial charge in [0, 0.05) is 18.9 Å². The minimum Gasteiger partial charge on any atom is -0.497 e. The molecule has 1 heterocycles. The standard InChI is InChI=1S/C20H20FN3O/c1-24(14-15-5-3-6-18(13-15)25-2)19(20-22-11-4-12-23-20)16-7-9-17(21)10-8-16/h3-13,19H,14H2,1-2H3. The predicted molar refractivity (Wildman–Crippen MR) is 94.7 cm³/mol. The lowest BCUT2D eigenvalue weighted by molar-refractivity contribution is 0.260. The van der Waals surface area contributed by atoms with Crippen LogP contribution >= 0.6 is 0 Å². The zero-order chi connectivity index (χ0) is 17.6. The average molecular weight is 337 g/mol. The van der Waals surface area contributed by atoms with Gasteiger partial charge in [-0.05, 0) is 48.5 Å². The second-order valence-corrected chi connectivity index (χ2v) is 5.83. The molecule has 5 heteroatoms. The average Bonchev–Trinajstić information content (AvgIpc) is 2.64. The van der Waals surface area contributed by atoms with E-state index in [2.05, 4.69) is 14.9 Å². The summed E-state index contributed by atoms with van der Waals surface area (Å²) in [6.07, 6.45) is 3.44. The van der Waals surface area contributed by atoms with Crippen molar-refractivity contribution in [1.29, 1.82) is 0 Å². The molecule has 0 fully saturated rings. The summed E-state index contributed by atoms with van der Waals surface area (Å²) in [4.78, 5) is 10.9. The van der Waals surface area contributed by atoms with Gasteiger partial charge in [-0.25, -0.2) is 14.4 Å². The molecule has 1 unspecified atom stereocenters. The van der Waals surface area contributed by atoms with Crippen molar-refractivity contribution in [3.8, 4) is 5.75 Å². The Morgan fingerprint density at radius 1 is 1.04 bits per heavy atom. The normalized spacial score (nSPS) is 12.2. The van der Waals surface area contributed by atoms with Crippen molar-refractivity contribution in [2.24, 2.45) is 0 Å². The summed E-state index contributed by atoms with van der Waals surface area (Å²) < 4.78 is 18.6. The first-order valence-electron chi connectivity index (χ1n) is 8.03. The third-order valence-electron chi connectivity index (χ3n) is 4.02. The van der Waals surface area contributed by atoms with E-state index < -0.39 is 0 Å². The molecular formula is C20H20FN3O. The highest BCUT2D eigenvalue weighted by Crippen LogP contribution is 2.27. The highest BCUT2D eigenvalue weighted by atomic mass is 19.1. The summed E-state index contributed by atoms with van der Waals surface area (Å²) >= 11 is 0. The van der Waals surface area contributed by atoms with Crippen LogP contribution in [0, 0.1) is 5.82 Å². The van der Waals surface area contributed by atoms with E-state index in [-0.39, 0.29) is 11.9 Å². The van der Waals surface area contributed by atoms with Crippen molar-refractivity contribution in [2.75, 3.05) is 14.2 Å². The highest BCUT2D eigenvalue weighted by molar-refractivity contribution is 5.30. The SMILES string of the molecule is COc1cccc(CN(C)C(c2ccc(F)cc2)c2ncccn2)c1. The minimum absolute atomic E-state index is 0.173. The first kappa shape index (κ1) is 17.0. The van der Waals surface area contributed by atoms with Gasteiger partial charge in [-0.1, -0.05) is 24.3 Å². The number of hydrogen-bond donors (Lipinski definition) is 0. The third-order valence-corrected chi connectivity index (χ3v) is 4.02. The minimum atomic E-state index is -0.257. The van der Waals surface area contributed by atoms with Gasteiger partial charge in [0.05, 0.1) is 13.2 Å². The molecule has 25 heavy (non-hydrogen) atoms. The van der Waals surface area contributed by atoms with Gasteiger partial charge < -0.3 is 4.74 Å². The van der Waals surface area contributed by atoms with E-state index in [1.54, 1.807) is 37.7 Å². The van der Waals surface area contributed by atoms with Crippen LogP contribution in [0.4, 0.5) is 4.39 Å². The largest absolute Gasteiger partial charge is 0.497 e. The molecule has 2 aromatic carbocycles. The topological polar surface area (TPSA) is 38.2 Å². The summed E-state index contributed by atoms with van der Waals surface area (Å²) in [7, 11) is 3.66. The molecule has 0 saturated carbocycles. The van der Waals surface area contributed by atoms with Gasteiger partial charge >= 0.3 is 0 Å². The lowest BCUT2D eigenvalue weighted by Gasteiger charge is -2.27. The lowest BCUT2D eigenvalue weighted by atomic mass is 10.0. The van der Waals surface area contributed by atoms with Crippen molar-refractivity contribution >= 4 is 0 Å². The molecule has 0 bridgehead atoms. The molecule has 3 aromatic rings. The Kier molecular flexibility index (Phi) is 5.36. The molecule has 0 radical (unpaired) electrons. The second kappa shape index (κ2) is 7.85. The third kappa shape index (κ3) is 4.19. The zero-order valence-electron chi connectivity index (χ0n) is 14.3. The number of benzene rings is 2. The van der Waals surface area contributed by atoms with E-state index >= 15 is 0 Å². The molecule has 0 saturated heterocycles. The number of halogens is 1. The first-order chi connectivity index (χ1) is 12.2. The maximum Gasteiger partial charge on any atom is 0.149 e. The summed E-state index contributed by atoms with van der Waals surface area (Å²) in [6, 6.07) is 16.0. The van der Waals surface area contributed by atoms with E-state index in [1.165, 1.54) is 12.1 Å². The summed E-state index contributed by atoms with van der Waals surface area (Å²) in [5.41, 5.74) is 2.06. The molecule has 0 aliphatic rings. The van der Waals surface area contributed by atoms with Gasteiger partial charge in [0.25, 0.3) is 0 Å². The molecule has 3 rings (SSSR count). The van der Waals surface area contributed by atoms with Crippen molar-refractivity contribution < 1.29 is 9.13 Å². The Bertz CT molecular complexity index is 809. The first-order valence-corrected chi connectivity index (χ1v) is 8.03.